The zero-order chi connectivity index (χ0) is 19.2. The Morgan fingerprint density at radius 3 is 2.74 bits per heavy atom. The number of hydrogen-bond acceptors (Lipinski definition) is 4. The summed E-state index contributed by atoms with van der Waals surface area (Å²) >= 11 is 4.87. The van der Waals surface area contributed by atoms with Crippen LogP contribution in [-0.2, 0) is 0 Å². The molecule has 0 aliphatic carbocycles. The number of rotatable bonds is 5. The van der Waals surface area contributed by atoms with E-state index in [4.69, 9.17) is 0 Å². The molecule has 5 nitrogen and oxygen atoms in total. The van der Waals surface area contributed by atoms with Crippen LogP contribution in [0.2, 0.25) is 0 Å². The van der Waals surface area contributed by atoms with Gasteiger partial charge in [0.25, 0.3) is 11.8 Å². The monoisotopic (exact) mass is 447 g/mol. The lowest BCUT2D eigenvalue weighted by molar-refractivity contribution is 0.0680. The Hall–Kier alpha value is -1.86. The molecule has 142 valence electrons. The maximum atomic E-state index is 12.8. The molecule has 7 heteroatoms. The Morgan fingerprint density at radius 2 is 2.04 bits per heavy atom. The van der Waals surface area contributed by atoms with Gasteiger partial charge in [-0.2, -0.15) is 0 Å². The second kappa shape index (κ2) is 9.37. The third-order valence-corrected chi connectivity index (χ3v) is 5.94. The first-order valence-electron chi connectivity index (χ1n) is 8.90. The molecule has 0 saturated carbocycles. The molecule has 2 aromatic rings. The number of hydrogen-bond donors (Lipinski definition) is 1. The van der Waals surface area contributed by atoms with Gasteiger partial charge in [-0.15, -0.1) is 11.8 Å². The number of piperidine rings is 1. The van der Waals surface area contributed by atoms with Crippen LogP contribution in [0.1, 0.15) is 33.6 Å². The SMILES string of the molecule is CSc1ncccc1C(=O)N1CCC(CNC(=O)c2cccc(Br)c2)CC1. The first kappa shape index (κ1) is 19.9. The highest BCUT2D eigenvalue weighted by Gasteiger charge is 2.25. The summed E-state index contributed by atoms with van der Waals surface area (Å²) in [7, 11) is 0. The largest absolute Gasteiger partial charge is 0.352 e. The fourth-order valence-corrected chi connectivity index (χ4v) is 4.14. The summed E-state index contributed by atoms with van der Waals surface area (Å²) < 4.78 is 0.891. The predicted octanol–water partition coefficient (Wildman–Crippen LogP) is 3.85. The standard InChI is InChI=1S/C20H22BrN3O2S/c1-27-19-17(6-3-9-22-19)20(26)24-10-7-14(8-11-24)13-23-18(25)15-4-2-5-16(21)12-15/h2-6,9,12,14H,7-8,10-11,13H2,1H3,(H,23,25). The van der Waals surface area contributed by atoms with Crippen molar-refractivity contribution in [2.75, 3.05) is 25.9 Å². The molecule has 1 aromatic carbocycles. The molecule has 1 aliphatic rings. The van der Waals surface area contributed by atoms with Gasteiger partial charge in [-0.1, -0.05) is 22.0 Å². The van der Waals surface area contributed by atoms with Gasteiger partial charge < -0.3 is 10.2 Å². The summed E-state index contributed by atoms with van der Waals surface area (Å²) in [6.45, 7) is 2.05. The molecule has 0 bridgehead atoms. The van der Waals surface area contributed by atoms with Crippen molar-refractivity contribution < 1.29 is 9.59 Å². The second-order valence-corrected chi connectivity index (χ2v) is 8.23. The first-order chi connectivity index (χ1) is 13.1. The van der Waals surface area contributed by atoms with Gasteiger partial charge in [0.05, 0.1) is 5.56 Å². The molecule has 0 unspecified atom stereocenters. The molecule has 2 heterocycles. The highest BCUT2D eigenvalue weighted by molar-refractivity contribution is 9.10. The van der Waals surface area contributed by atoms with Crippen molar-refractivity contribution >= 4 is 39.5 Å². The fraction of sp³-hybridized carbons (Fsp3) is 0.350. The second-order valence-electron chi connectivity index (χ2n) is 6.52. The normalized spacial score (nSPS) is 14.8. The van der Waals surface area contributed by atoms with E-state index in [1.807, 2.05) is 35.4 Å². The molecule has 0 radical (unpaired) electrons. The highest BCUT2D eigenvalue weighted by atomic mass is 79.9. The summed E-state index contributed by atoms with van der Waals surface area (Å²) in [6.07, 6.45) is 5.42. The van der Waals surface area contributed by atoms with E-state index in [1.165, 1.54) is 11.8 Å². The highest BCUT2D eigenvalue weighted by Crippen LogP contribution is 2.23. The number of carbonyl (C=O) groups excluding carboxylic acids is 2. The molecule has 3 rings (SSSR count). The van der Waals surface area contributed by atoms with Gasteiger partial charge in [0.15, 0.2) is 0 Å². The van der Waals surface area contributed by atoms with Crippen LogP contribution in [0.5, 0.6) is 0 Å². The predicted molar refractivity (Wildman–Crippen MR) is 111 cm³/mol. The zero-order valence-corrected chi connectivity index (χ0v) is 17.6. The summed E-state index contributed by atoms with van der Waals surface area (Å²) in [4.78, 5) is 31.2. The number of nitrogens with one attached hydrogen (secondary N) is 1. The van der Waals surface area contributed by atoms with Crippen LogP contribution < -0.4 is 5.32 Å². The Labute approximate surface area is 172 Å². The van der Waals surface area contributed by atoms with E-state index in [1.54, 1.807) is 18.3 Å². The number of amides is 2. The zero-order valence-electron chi connectivity index (χ0n) is 15.2. The molecular weight excluding hydrogens is 426 g/mol. The van der Waals surface area contributed by atoms with E-state index in [-0.39, 0.29) is 11.8 Å². The number of thioether (sulfide) groups is 1. The quantitative estimate of drug-likeness (QED) is 0.706. The Bertz CT molecular complexity index is 822. The Kier molecular flexibility index (Phi) is 6.90. The van der Waals surface area contributed by atoms with Crippen molar-refractivity contribution in [3.63, 3.8) is 0 Å². The lowest BCUT2D eigenvalue weighted by Gasteiger charge is -2.32. The molecule has 2 amide bonds. The van der Waals surface area contributed by atoms with Gasteiger partial charge in [-0.05, 0) is 55.3 Å². The minimum Gasteiger partial charge on any atom is -0.352 e. The summed E-state index contributed by atoms with van der Waals surface area (Å²) in [5.74, 6) is 0.373. The van der Waals surface area contributed by atoms with Crippen molar-refractivity contribution in [2.45, 2.75) is 17.9 Å². The molecule has 0 spiro atoms. The molecular formula is C20H22BrN3O2S. The van der Waals surface area contributed by atoms with Crippen LogP contribution in [-0.4, -0.2) is 47.6 Å². The van der Waals surface area contributed by atoms with Crippen LogP contribution in [0.4, 0.5) is 0 Å². The molecule has 1 aliphatic heterocycles. The van der Waals surface area contributed by atoms with Crippen LogP contribution in [0.25, 0.3) is 0 Å². The number of halogens is 1. The van der Waals surface area contributed by atoms with Gasteiger partial charge in [-0.25, -0.2) is 4.98 Å². The summed E-state index contributed by atoms with van der Waals surface area (Å²) in [5.41, 5.74) is 1.32. The molecule has 1 aromatic heterocycles. The minimum absolute atomic E-state index is 0.0454. The number of likely N-dealkylation sites (tertiary alicyclic amines) is 1. The van der Waals surface area contributed by atoms with Crippen molar-refractivity contribution in [1.29, 1.82) is 0 Å². The first-order valence-corrected chi connectivity index (χ1v) is 10.9. The van der Waals surface area contributed by atoms with E-state index in [0.29, 0.717) is 36.7 Å². The number of benzene rings is 1. The van der Waals surface area contributed by atoms with E-state index in [0.717, 1.165) is 22.3 Å². The van der Waals surface area contributed by atoms with Crippen molar-refractivity contribution in [3.05, 3.63) is 58.2 Å². The number of pyridine rings is 1. The van der Waals surface area contributed by atoms with Gasteiger partial charge in [0, 0.05) is 35.9 Å². The lowest BCUT2D eigenvalue weighted by atomic mass is 9.96. The van der Waals surface area contributed by atoms with E-state index < -0.39 is 0 Å². The summed E-state index contributed by atoms with van der Waals surface area (Å²) in [6, 6.07) is 11.0. The fourth-order valence-electron chi connectivity index (χ4n) is 3.20. The van der Waals surface area contributed by atoms with Gasteiger partial charge >= 0.3 is 0 Å². The topological polar surface area (TPSA) is 62.3 Å². The lowest BCUT2D eigenvalue weighted by Crippen LogP contribution is -2.41. The van der Waals surface area contributed by atoms with Gasteiger partial charge in [-0.3, -0.25) is 9.59 Å². The number of carbonyl (C=O) groups is 2. The van der Waals surface area contributed by atoms with Crippen LogP contribution in [0.15, 0.2) is 52.1 Å². The average Bonchev–Trinajstić information content (AvgIpc) is 2.71. The smallest absolute Gasteiger partial charge is 0.256 e. The van der Waals surface area contributed by atoms with Crippen molar-refractivity contribution in [1.82, 2.24) is 15.2 Å². The molecule has 0 atom stereocenters. The van der Waals surface area contributed by atoms with E-state index >= 15 is 0 Å². The Balaban J connectivity index is 1.50. The van der Waals surface area contributed by atoms with Crippen LogP contribution in [0.3, 0.4) is 0 Å². The van der Waals surface area contributed by atoms with Crippen molar-refractivity contribution in [3.8, 4) is 0 Å². The van der Waals surface area contributed by atoms with Gasteiger partial charge in [0.2, 0.25) is 0 Å². The molecule has 1 fully saturated rings. The minimum atomic E-state index is -0.0604. The third-order valence-electron chi connectivity index (χ3n) is 4.73. The maximum absolute atomic E-state index is 12.8. The van der Waals surface area contributed by atoms with E-state index in [2.05, 4.69) is 26.2 Å². The van der Waals surface area contributed by atoms with Gasteiger partial charge in [0.1, 0.15) is 5.03 Å². The maximum Gasteiger partial charge on any atom is 0.256 e. The van der Waals surface area contributed by atoms with E-state index in [9.17, 15) is 9.59 Å². The molecule has 27 heavy (non-hydrogen) atoms. The summed E-state index contributed by atoms with van der Waals surface area (Å²) in [5, 5.41) is 3.78. The number of aromatic nitrogens is 1. The van der Waals surface area contributed by atoms with Crippen LogP contribution in [0, 0.1) is 5.92 Å². The van der Waals surface area contributed by atoms with Crippen LogP contribution >= 0.6 is 27.7 Å². The molecule has 1 saturated heterocycles. The average molecular weight is 448 g/mol. The third kappa shape index (κ3) is 5.11. The Morgan fingerprint density at radius 1 is 1.26 bits per heavy atom. The van der Waals surface area contributed by atoms with Crippen molar-refractivity contribution in [2.24, 2.45) is 5.92 Å². The molecule has 1 N–H and O–H groups in total. The number of nitrogens with zero attached hydrogens (tertiary/aromatic N) is 2.